The van der Waals surface area contributed by atoms with Gasteiger partial charge in [0.25, 0.3) is 0 Å². The minimum absolute atomic E-state index is 0.465. The molecule has 0 aliphatic rings. The number of nitrogen functional groups attached to an aromatic ring is 1. The molecule has 0 aliphatic heterocycles. The maximum Gasteiger partial charge on any atom is 0.0430 e. The van der Waals surface area contributed by atoms with E-state index < -0.39 is 0 Å². The fourth-order valence-electron chi connectivity index (χ4n) is 1.71. The number of benzene rings is 1. The van der Waals surface area contributed by atoms with E-state index in [-0.39, 0.29) is 0 Å². The first-order valence-corrected chi connectivity index (χ1v) is 4.82. The lowest BCUT2D eigenvalue weighted by molar-refractivity contribution is 0.871. The van der Waals surface area contributed by atoms with Crippen LogP contribution in [0.1, 0.15) is 25.3 Å². The zero-order chi connectivity index (χ0) is 10.1. The molecule has 0 spiro atoms. The molecule has 0 atom stereocenters. The van der Waals surface area contributed by atoms with Gasteiger partial charge in [0.2, 0.25) is 0 Å². The largest absolute Gasteiger partial charge is 0.398 e. The van der Waals surface area contributed by atoms with Crippen molar-refractivity contribution in [2.75, 3.05) is 5.73 Å². The van der Waals surface area contributed by atoms with Gasteiger partial charge in [-0.05, 0) is 17.5 Å². The van der Waals surface area contributed by atoms with Gasteiger partial charge in [-0.3, -0.25) is 4.98 Å². The number of anilines is 1. The summed E-state index contributed by atoms with van der Waals surface area (Å²) in [5.41, 5.74) is 8.19. The van der Waals surface area contributed by atoms with Crippen LogP contribution in [-0.2, 0) is 0 Å². The van der Waals surface area contributed by atoms with Crippen LogP contribution in [0.2, 0.25) is 0 Å². The zero-order valence-corrected chi connectivity index (χ0v) is 8.49. The first-order valence-electron chi connectivity index (χ1n) is 4.82. The van der Waals surface area contributed by atoms with Crippen molar-refractivity contribution in [3.63, 3.8) is 0 Å². The highest BCUT2D eigenvalue weighted by Gasteiger charge is 2.06. The van der Waals surface area contributed by atoms with Crippen LogP contribution in [0.5, 0.6) is 0 Å². The molecule has 1 heterocycles. The van der Waals surface area contributed by atoms with Crippen molar-refractivity contribution in [1.29, 1.82) is 0 Å². The second-order valence-electron chi connectivity index (χ2n) is 3.82. The fraction of sp³-hybridized carbons (Fsp3) is 0.250. The molecule has 72 valence electrons. The monoisotopic (exact) mass is 186 g/mol. The summed E-state index contributed by atoms with van der Waals surface area (Å²) < 4.78 is 0. The van der Waals surface area contributed by atoms with E-state index in [0.29, 0.717) is 5.92 Å². The molecule has 14 heavy (non-hydrogen) atoms. The SMILES string of the molecule is CC(C)c1ccc2cnccc2c1N. The van der Waals surface area contributed by atoms with Crippen LogP contribution in [0, 0.1) is 0 Å². The standard InChI is InChI=1S/C12H14N2/c1-8(2)10-4-3-9-7-14-6-5-11(9)12(10)13/h3-8H,13H2,1-2H3. The van der Waals surface area contributed by atoms with Gasteiger partial charge in [0.15, 0.2) is 0 Å². The molecule has 1 aromatic heterocycles. The third-order valence-corrected chi connectivity index (χ3v) is 2.52. The van der Waals surface area contributed by atoms with E-state index in [4.69, 9.17) is 5.73 Å². The number of fused-ring (bicyclic) bond motifs is 1. The number of rotatable bonds is 1. The minimum Gasteiger partial charge on any atom is -0.398 e. The number of hydrogen-bond donors (Lipinski definition) is 1. The Balaban J connectivity index is 2.75. The van der Waals surface area contributed by atoms with Gasteiger partial charge in [-0.2, -0.15) is 0 Å². The van der Waals surface area contributed by atoms with Crippen molar-refractivity contribution in [2.45, 2.75) is 19.8 Å². The average Bonchev–Trinajstić information content (AvgIpc) is 2.18. The lowest BCUT2D eigenvalue weighted by Gasteiger charge is -2.11. The average molecular weight is 186 g/mol. The second-order valence-corrected chi connectivity index (χ2v) is 3.82. The summed E-state index contributed by atoms with van der Waals surface area (Å²) in [4.78, 5) is 4.07. The summed E-state index contributed by atoms with van der Waals surface area (Å²) in [6, 6.07) is 6.13. The van der Waals surface area contributed by atoms with Gasteiger partial charge in [0.1, 0.15) is 0 Å². The molecule has 0 aliphatic carbocycles. The van der Waals surface area contributed by atoms with Gasteiger partial charge in [-0.1, -0.05) is 26.0 Å². The summed E-state index contributed by atoms with van der Waals surface area (Å²) in [6.07, 6.45) is 3.62. The van der Waals surface area contributed by atoms with E-state index in [2.05, 4.69) is 31.0 Å². The summed E-state index contributed by atoms with van der Waals surface area (Å²) >= 11 is 0. The molecular formula is C12H14N2. The molecule has 0 saturated heterocycles. The Bertz CT molecular complexity index is 461. The lowest BCUT2D eigenvalue weighted by Crippen LogP contribution is -1.97. The predicted octanol–water partition coefficient (Wildman–Crippen LogP) is 2.94. The van der Waals surface area contributed by atoms with Gasteiger partial charge >= 0.3 is 0 Å². The van der Waals surface area contributed by atoms with E-state index in [1.165, 1.54) is 5.56 Å². The highest BCUT2D eigenvalue weighted by Crippen LogP contribution is 2.28. The first kappa shape index (κ1) is 9.00. The third-order valence-electron chi connectivity index (χ3n) is 2.52. The van der Waals surface area contributed by atoms with Crippen LogP contribution in [0.15, 0.2) is 30.6 Å². The van der Waals surface area contributed by atoms with Crippen molar-refractivity contribution in [2.24, 2.45) is 0 Å². The first-order chi connectivity index (χ1) is 6.70. The van der Waals surface area contributed by atoms with Crippen LogP contribution in [0.25, 0.3) is 10.8 Å². The molecule has 2 heteroatoms. The van der Waals surface area contributed by atoms with Crippen LogP contribution in [0.3, 0.4) is 0 Å². The van der Waals surface area contributed by atoms with Crippen molar-refractivity contribution >= 4 is 16.5 Å². The second kappa shape index (κ2) is 3.29. The van der Waals surface area contributed by atoms with Gasteiger partial charge in [0.05, 0.1) is 0 Å². The molecule has 0 unspecified atom stereocenters. The Kier molecular flexibility index (Phi) is 2.12. The Labute approximate surface area is 83.8 Å². The van der Waals surface area contributed by atoms with Crippen molar-refractivity contribution < 1.29 is 0 Å². The van der Waals surface area contributed by atoms with Crippen LogP contribution >= 0.6 is 0 Å². The van der Waals surface area contributed by atoms with E-state index in [9.17, 15) is 0 Å². The molecule has 2 aromatic rings. The number of hydrogen-bond acceptors (Lipinski definition) is 2. The molecule has 2 rings (SSSR count). The molecule has 2 N–H and O–H groups in total. The summed E-state index contributed by atoms with van der Waals surface area (Å²) in [7, 11) is 0. The van der Waals surface area contributed by atoms with Crippen LogP contribution in [0.4, 0.5) is 5.69 Å². The Morgan fingerprint density at radius 2 is 2.00 bits per heavy atom. The van der Waals surface area contributed by atoms with Crippen LogP contribution < -0.4 is 5.73 Å². The molecule has 0 amide bonds. The van der Waals surface area contributed by atoms with Gasteiger partial charge in [-0.15, -0.1) is 0 Å². The van der Waals surface area contributed by atoms with Gasteiger partial charge in [0, 0.05) is 28.9 Å². The predicted molar refractivity (Wildman–Crippen MR) is 60.2 cm³/mol. The maximum absolute atomic E-state index is 6.09. The van der Waals surface area contributed by atoms with E-state index >= 15 is 0 Å². The molecule has 0 saturated carbocycles. The molecule has 0 radical (unpaired) electrons. The van der Waals surface area contributed by atoms with E-state index in [1.54, 1.807) is 6.20 Å². The normalized spacial score (nSPS) is 11.1. The smallest absolute Gasteiger partial charge is 0.0430 e. The minimum atomic E-state index is 0.465. The highest BCUT2D eigenvalue weighted by molar-refractivity contribution is 5.93. The molecule has 0 bridgehead atoms. The number of pyridine rings is 1. The van der Waals surface area contributed by atoms with Crippen LogP contribution in [-0.4, -0.2) is 4.98 Å². The number of aromatic nitrogens is 1. The van der Waals surface area contributed by atoms with Crippen molar-refractivity contribution in [3.05, 3.63) is 36.2 Å². The van der Waals surface area contributed by atoms with Crippen molar-refractivity contribution in [3.8, 4) is 0 Å². The summed E-state index contributed by atoms with van der Waals surface area (Å²) in [5, 5.41) is 2.21. The summed E-state index contributed by atoms with van der Waals surface area (Å²) in [6.45, 7) is 4.30. The maximum atomic E-state index is 6.09. The zero-order valence-electron chi connectivity index (χ0n) is 8.49. The van der Waals surface area contributed by atoms with E-state index in [1.807, 2.05) is 12.3 Å². The quantitative estimate of drug-likeness (QED) is 0.695. The van der Waals surface area contributed by atoms with E-state index in [0.717, 1.165) is 16.5 Å². The Hall–Kier alpha value is -1.57. The Morgan fingerprint density at radius 3 is 2.71 bits per heavy atom. The molecule has 2 nitrogen and oxygen atoms in total. The van der Waals surface area contributed by atoms with Gasteiger partial charge in [-0.25, -0.2) is 0 Å². The third kappa shape index (κ3) is 1.33. The number of nitrogens with zero attached hydrogens (tertiary/aromatic N) is 1. The fourth-order valence-corrected chi connectivity index (χ4v) is 1.71. The molecule has 0 fully saturated rings. The summed E-state index contributed by atoms with van der Waals surface area (Å²) in [5.74, 6) is 0.465. The molecule has 1 aromatic carbocycles. The lowest BCUT2D eigenvalue weighted by atomic mass is 9.98. The topological polar surface area (TPSA) is 38.9 Å². The number of nitrogens with two attached hydrogens (primary N) is 1. The van der Waals surface area contributed by atoms with Gasteiger partial charge < -0.3 is 5.73 Å². The Morgan fingerprint density at radius 1 is 1.21 bits per heavy atom. The highest BCUT2D eigenvalue weighted by atomic mass is 14.6. The molecular weight excluding hydrogens is 172 g/mol. The van der Waals surface area contributed by atoms with Crippen molar-refractivity contribution in [1.82, 2.24) is 4.98 Å².